The Morgan fingerprint density at radius 2 is 1.96 bits per heavy atom. The highest BCUT2D eigenvalue weighted by atomic mass is 16.5. The molecule has 150 valence electrons. The van der Waals surface area contributed by atoms with Gasteiger partial charge in [0.2, 0.25) is 0 Å². The third-order valence-electron chi connectivity index (χ3n) is 4.35. The van der Waals surface area contributed by atoms with Gasteiger partial charge in [-0.05, 0) is 51.0 Å². The van der Waals surface area contributed by atoms with Gasteiger partial charge in [-0.2, -0.15) is 5.10 Å². The van der Waals surface area contributed by atoms with Crippen molar-refractivity contribution in [2.45, 2.75) is 33.6 Å². The maximum Gasteiger partial charge on any atom is 0.306 e. The summed E-state index contributed by atoms with van der Waals surface area (Å²) in [7, 11) is 1.86. The fraction of sp³-hybridized carbons (Fsp3) is 0.400. The lowest BCUT2D eigenvalue weighted by atomic mass is 10.1. The Hall–Kier alpha value is -3.16. The van der Waals surface area contributed by atoms with Gasteiger partial charge in [0.25, 0.3) is 11.8 Å². The van der Waals surface area contributed by atoms with E-state index >= 15 is 0 Å². The number of anilines is 1. The SMILES string of the molecule is CCNC(=O)c1cccc(NC(=O)COC(=O)CCc2c(C)nn(C)c2C)c1. The molecule has 0 aliphatic rings. The number of hydrogen-bond acceptors (Lipinski definition) is 5. The Kier molecular flexibility index (Phi) is 7.31. The van der Waals surface area contributed by atoms with E-state index in [-0.39, 0.29) is 18.9 Å². The Morgan fingerprint density at radius 3 is 2.61 bits per heavy atom. The highest BCUT2D eigenvalue weighted by Crippen LogP contribution is 2.14. The molecule has 2 aromatic rings. The second-order valence-electron chi connectivity index (χ2n) is 6.42. The van der Waals surface area contributed by atoms with Crippen molar-refractivity contribution < 1.29 is 19.1 Å². The van der Waals surface area contributed by atoms with Gasteiger partial charge in [0, 0.05) is 37.0 Å². The predicted molar refractivity (Wildman–Crippen MR) is 105 cm³/mol. The number of aryl methyl sites for hydroxylation is 2. The second-order valence-corrected chi connectivity index (χ2v) is 6.42. The van der Waals surface area contributed by atoms with Crippen LogP contribution in [0.3, 0.4) is 0 Å². The van der Waals surface area contributed by atoms with Gasteiger partial charge < -0.3 is 15.4 Å². The van der Waals surface area contributed by atoms with Crippen LogP contribution in [0.1, 0.15) is 40.7 Å². The molecular formula is C20H26N4O4. The molecule has 8 heteroatoms. The minimum atomic E-state index is -0.463. The van der Waals surface area contributed by atoms with E-state index in [9.17, 15) is 14.4 Å². The topological polar surface area (TPSA) is 102 Å². The summed E-state index contributed by atoms with van der Waals surface area (Å²) in [4.78, 5) is 35.8. The van der Waals surface area contributed by atoms with Crippen molar-refractivity contribution in [3.63, 3.8) is 0 Å². The Morgan fingerprint density at radius 1 is 1.21 bits per heavy atom. The average molecular weight is 386 g/mol. The largest absolute Gasteiger partial charge is 0.456 e. The minimum absolute atomic E-state index is 0.174. The molecule has 28 heavy (non-hydrogen) atoms. The summed E-state index contributed by atoms with van der Waals surface area (Å²) in [5.74, 6) is -1.13. The monoisotopic (exact) mass is 386 g/mol. The summed E-state index contributed by atoms with van der Waals surface area (Å²) < 4.78 is 6.82. The fourth-order valence-electron chi connectivity index (χ4n) is 2.82. The first kappa shape index (κ1) is 21.1. The summed E-state index contributed by atoms with van der Waals surface area (Å²) in [6.07, 6.45) is 0.688. The van der Waals surface area contributed by atoms with Gasteiger partial charge in [-0.3, -0.25) is 19.1 Å². The molecule has 0 radical (unpaired) electrons. The summed E-state index contributed by atoms with van der Waals surface area (Å²) >= 11 is 0. The molecule has 0 aliphatic heterocycles. The van der Waals surface area contributed by atoms with Crippen LogP contribution in [0.4, 0.5) is 5.69 Å². The van der Waals surface area contributed by atoms with E-state index in [2.05, 4.69) is 15.7 Å². The van der Waals surface area contributed by atoms with Crippen molar-refractivity contribution >= 4 is 23.5 Å². The predicted octanol–water partition coefficient (Wildman–Crippen LogP) is 1.90. The lowest BCUT2D eigenvalue weighted by molar-refractivity contribution is -0.147. The maximum absolute atomic E-state index is 12.0. The standard InChI is InChI=1S/C20H26N4O4/c1-5-21-20(27)15-7-6-8-16(11-15)22-18(25)12-28-19(26)10-9-17-13(2)23-24(4)14(17)3/h6-8,11H,5,9-10,12H2,1-4H3,(H,21,27)(H,22,25). The first-order valence-electron chi connectivity index (χ1n) is 9.14. The molecule has 1 aromatic carbocycles. The van der Waals surface area contributed by atoms with Gasteiger partial charge in [-0.15, -0.1) is 0 Å². The van der Waals surface area contributed by atoms with E-state index in [4.69, 9.17) is 4.74 Å². The Labute approximate surface area is 164 Å². The third-order valence-corrected chi connectivity index (χ3v) is 4.35. The van der Waals surface area contributed by atoms with Crippen molar-refractivity contribution in [3.8, 4) is 0 Å². The van der Waals surface area contributed by atoms with Crippen molar-refractivity contribution in [1.82, 2.24) is 15.1 Å². The molecule has 2 rings (SSSR count). The van der Waals surface area contributed by atoms with Crippen LogP contribution in [0.2, 0.25) is 0 Å². The zero-order valence-corrected chi connectivity index (χ0v) is 16.7. The first-order valence-corrected chi connectivity index (χ1v) is 9.14. The van der Waals surface area contributed by atoms with Crippen molar-refractivity contribution in [2.24, 2.45) is 7.05 Å². The zero-order chi connectivity index (χ0) is 20.7. The molecule has 0 atom stereocenters. The van der Waals surface area contributed by atoms with Gasteiger partial charge >= 0.3 is 5.97 Å². The molecule has 0 unspecified atom stereocenters. The Bertz CT molecular complexity index is 873. The van der Waals surface area contributed by atoms with Crippen LogP contribution in [0, 0.1) is 13.8 Å². The summed E-state index contributed by atoms with van der Waals surface area (Å²) in [5, 5.41) is 9.63. The van der Waals surface area contributed by atoms with E-state index < -0.39 is 11.9 Å². The smallest absolute Gasteiger partial charge is 0.306 e. The molecule has 8 nitrogen and oxygen atoms in total. The third kappa shape index (κ3) is 5.67. The molecule has 2 N–H and O–H groups in total. The molecule has 0 saturated heterocycles. The lowest BCUT2D eigenvalue weighted by Crippen LogP contribution is -2.23. The first-order chi connectivity index (χ1) is 13.3. The van der Waals surface area contributed by atoms with Crippen LogP contribution in [0.25, 0.3) is 0 Å². The molecule has 0 saturated carbocycles. The van der Waals surface area contributed by atoms with Crippen LogP contribution < -0.4 is 10.6 Å². The molecule has 1 heterocycles. The molecule has 0 aliphatic carbocycles. The number of nitrogens with zero attached hydrogens (tertiary/aromatic N) is 2. The number of amides is 2. The van der Waals surface area contributed by atoms with E-state index in [1.54, 1.807) is 28.9 Å². The number of nitrogens with one attached hydrogen (secondary N) is 2. The van der Waals surface area contributed by atoms with Gasteiger partial charge in [0.15, 0.2) is 6.61 Å². The molecule has 2 amide bonds. The van der Waals surface area contributed by atoms with Crippen molar-refractivity contribution in [3.05, 3.63) is 46.8 Å². The quantitative estimate of drug-likeness (QED) is 0.675. The van der Waals surface area contributed by atoms with Crippen LogP contribution in [0.5, 0.6) is 0 Å². The highest BCUT2D eigenvalue weighted by molar-refractivity contribution is 5.97. The van der Waals surface area contributed by atoms with Crippen LogP contribution in [-0.4, -0.2) is 40.7 Å². The molecule has 1 aromatic heterocycles. The number of esters is 1. The maximum atomic E-state index is 12.0. The molecular weight excluding hydrogens is 360 g/mol. The lowest BCUT2D eigenvalue weighted by Gasteiger charge is -2.08. The fourth-order valence-corrected chi connectivity index (χ4v) is 2.82. The summed E-state index contributed by atoms with van der Waals surface area (Å²) in [6, 6.07) is 6.56. The molecule has 0 bridgehead atoms. The minimum Gasteiger partial charge on any atom is -0.456 e. The zero-order valence-electron chi connectivity index (χ0n) is 16.7. The molecule has 0 fully saturated rings. The van der Waals surface area contributed by atoms with E-state index in [1.165, 1.54) is 0 Å². The number of hydrogen-bond donors (Lipinski definition) is 2. The number of ether oxygens (including phenoxy) is 1. The van der Waals surface area contributed by atoms with Gasteiger partial charge in [0.1, 0.15) is 0 Å². The number of carbonyl (C=O) groups is 3. The summed E-state index contributed by atoms with van der Waals surface area (Å²) in [5.41, 5.74) is 3.82. The van der Waals surface area contributed by atoms with Crippen molar-refractivity contribution in [1.29, 1.82) is 0 Å². The average Bonchev–Trinajstić information content (AvgIpc) is 2.90. The van der Waals surface area contributed by atoms with Crippen LogP contribution in [-0.2, 0) is 27.8 Å². The Balaban J connectivity index is 1.81. The number of rotatable bonds is 8. The van der Waals surface area contributed by atoms with E-state index in [1.807, 2.05) is 27.8 Å². The van der Waals surface area contributed by atoms with Gasteiger partial charge in [-0.25, -0.2) is 0 Å². The normalized spacial score (nSPS) is 10.4. The highest BCUT2D eigenvalue weighted by Gasteiger charge is 2.13. The number of benzene rings is 1. The molecule has 0 spiro atoms. The van der Waals surface area contributed by atoms with Gasteiger partial charge in [0.05, 0.1) is 5.69 Å². The van der Waals surface area contributed by atoms with Gasteiger partial charge in [-0.1, -0.05) is 6.07 Å². The summed E-state index contributed by atoms with van der Waals surface area (Å²) in [6.45, 7) is 5.81. The van der Waals surface area contributed by atoms with Crippen molar-refractivity contribution in [2.75, 3.05) is 18.5 Å². The van der Waals surface area contributed by atoms with E-state index in [0.717, 1.165) is 17.0 Å². The van der Waals surface area contributed by atoms with Crippen LogP contribution >= 0.6 is 0 Å². The number of carbonyl (C=O) groups excluding carboxylic acids is 3. The number of aromatic nitrogens is 2. The van der Waals surface area contributed by atoms with Crippen LogP contribution in [0.15, 0.2) is 24.3 Å². The second kappa shape index (κ2) is 9.68. The van der Waals surface area contributed by atoms with E-state index in [0.29, 0.717) is 24.2 Å².